The Bertz CT molecular complexity index is 623. The van der Waals surface area contributed by atoms with Gasteiger partial charge >= 0.3 is 0 Å². The summed E-state index contributed by atoms with van der Waals surface area (Å²) >= 11 is 1.71. The standard InChI is InChI=1S/C15H20N4S/c16-10-3-4-13-14(8-10)20-15(18-13)17-11-5-7-19-6-1-2-12(19)9-11/h3-4,8,11-12H,1-2,5-7,9,16H2,(H,17,18). The minimum Gasteiger partial charge on any atom is -0.399 e. The number of aromatic nitrogens is 1. The van der Waals surface area contributed by atoms with Crippen molar-refractivity contribution in [3.05, 3.63) is 18.2 Å². The molecule has 2 fully saturated rings. The number of anilines is 2. The molecule has 5 heteroatoms. The summed E-state index contributed by atoms with van der Waals surface area (Å²) in [5, 5.41) is 4.69. The van der Waals surface area contributed by atoms with Crippen LogP contribution in [0.1, 0.15) is 25.7 Å². The van der Waals surface area contributed by atoms with Gasteiger partial charge in [0.15, 0.2) is 5.13 Å². The summed E-state index contributed by atoms with van der Waals surface area (Å²) in [6.45, 7) is 2.54. The number of nitrogens with one attached hydrogen (secondary N) is 1. The molecule has 2 aliphatic heterocycles. The number of rotatable bonds is 2. The maximum absolute atomic E-state index is 5.83. The Morgan fingerprint density at radius 3 is 3.20 bits per heavy atom. The Morgan fingerprint density at radius 2 is 2.25 bits per heavy atom. The summed E-state index contributed by atoms with van der Waals surface area (Å²) < 4.78 is 1.17. The van der Waals surface area contributed by atoms with E-state index in [1.807, 2.05) is 18.2 Å². The van der Waals surface area contributed by atoms with E-state index in [9.17, 15) is 0 Å². The first-order valence-electron chi connectivity index (χ1n) is 7.44. The highest BCUT2D eigenvalue weighted by Crippen LogP contribution is 2.32. The van der Waals surface area contributed by atoms with Gasteiger partial charge in [0, 0.05) is 24.3 Å². The summed E-state index contributed by atoms with van der Waals surface area (Å²) in [6.07, 6.45) is 5.24. The highest BCUT2D eigenvalue weighted by Gasteiger charge is 2.31. The molecule has 0 radical (unpaired) electrons. The lowest BCUT2D eigenvalue weighted by atomic mass is 9.98. The van der Waals surface area contributed by atoms with E-state index in [0.717, 1.165) is 22.4 Å². The van der Waals surface area contributed by atoms with Crippen LogP contribution in [0.3, 0.4) is 0 Å². The molecule has 2 saturated heterocycles. The number of thiazole rings is 1. The molecule has 3 heterocycles. The van der Waals surface area contributed by atoms with Crippen LogP contribution in [0.5, 0.6) is 0 Å². The molecule has 0 aliphatic carbocycles. The molecule has 2 atom stereocenters. The van der Waals surface area contributed by atoms with Crippen LogP contribution >= 0.6 is 11.3 Å². The number of hydrogen-bond donors (Lipinski definition) is 2. The Morgan fingerprint density at radius 1 is 1.30 bits per heavy atom. The van der Waals surface area contributed by atoms with E-state index in [-0.39, 0.29) is 0 Å². The smallest absolute Gasteiger partial charge is 0.184 e. The molecule has 4 rings (SSSR count). The fourth-order valence-corrected chi connectivity index (χ4v) is 4.52. The lowest BCUT2D eigenvalue weighted by Gasteiger charge is -2.35. The van der Waals surface area contributed by atoms with Crippen molar-refractivity contribution in [1.82, 2.24) is 9.88 Å². The molecule has 0 saturated carbocycles. The number of hydrogen-bond acceptors (Lipinski definition) is 5. The van der Waals surface area contributed by atoms with E-state index < -0.39 is 0 Å². The molecule has 20 heavy (non-hydrogen) atoms. The summed E-state index contributed by atoms with van der Waals surface area (Å²) in [5.41, 5.74) is 7.69. The van der Waals surface area contributed by atoms with Crippen LogP contribution in [0.4, 0.5) is 10.8 Å². The monoisotopic (exact) mass is 288 g/mol. The molecule has 2 aromatic rings. The summed E-state index contributed by atoms with van der Waals surface area (Å²) in [7, 11) is 0. The zero-order valence-corrected chi connectivity index (χ0v) is 12.3. The zero-order valence-electron chi connectivity index (χ0n) is 11.5. The van der Waals surface area contributed by atoms with Crippen molar-refractivity contribution in [2.75, 3.05) is 24.1 Å². The van der Waals surface area contributed by atoms with Crippen molar-refractivity contribution in [3.8, 4) is 0 Å². The number of fused-ring (bicyclic) bond motifs is 2. The van der Waals surface area contributed by atoms with Gasteiger partial charge in [0.1, 0.15) is 0 Å². The molecule has 0 spiro atoms. The molecular weight excluding hydrogens is 268 g/mol. The third-order valence-electron chi connectivity index (χ3n) is 4.56. The van der Waals surface area contributed by atoms with Crippen LogP contribution in [0, 0.1) is 0 Å². The second-order valence-corrected chi connectivity index (χ2v) is 6.97. The van der Waals surface area contributed by atoms with Crippen LogP contribution in [-0.2, 0) is 0 Å². The molecular formula is C15H20N4S. The topological polar surface area (TPSA) is 54.2 Å². The molecule has 1 aromatic carbocycles. The Labute approximate surface area is 123 Å². The van der Waals surface area contributed by atoms with Gasteiger partial charge in [-0.05, 0) is 50.4 Å². The lowest BCUT2D eigenvalue weighted by Crippen LogP contribution is -2.42. The van der Waals surface area contributed by atoms with Gasteiger partial charge < -0.3 is 16.0 Å². The normalized spacial score (nSPS) is 26.8. The number of benzene rings is 1. The third-order valence-corrected chi connectivity index (χ3v) is 5.51. The van der Waals surface area contributed by atoms with Crippen LogP contribution in [0.25, 0.3) is 10.2 Å². The molecule has 106 valence electrons. The quantitative estimate of drug-likeness (QED) is 0.834. The molecule has 0 bridgehead atoms. The molecule has 2 unspecified atom stereocenters. The van der Waals surface area contributed by atoms with Crippen molar-refractivity contribution < 1.29 is 0 Å². The van der Waals surface area contributed by atoms with Gasteiger partial charge in [0.05, 0.1) is 10.2 Å². The fraction of sp³-hybridized carbons (Fsp3) is 0.533. The van der Waals surface area contributed by atoms with E-state index in [2.05, 4.69) is 15.2 Å². The Balaban J connectivity index is 1.49. The van der Waals surface area contributed by atoms with E-state index in [1.54, 1.807) is 11.3 Å². The van der Waals surface area contributed by atoms with E-state index in [1.165, 1.54) is 43.5 Å². The molecule has 3 N–H and O–H groups in total. The van der Waals surface area contributed by atoms with Crippen molar-refractivity contribution in [3.63, 3.8) is 0 Å². The molecule has 4 nitrogen and oxygen atoms in total. The van der Waals surface area contributed by atoms with Crippen LogP contribution in [0.2, 0.25) is 0 Å². The number of piperidine rings is 1. The van der Waals surface area contributed by atoms with Gasteiger partial charge in [-0.25, -0.2) is 4.98 Å². The third kappa shape index (κ3) is 2.25. The highest BCUT2D eigenvalue weighted by atomic mass is 32.1. The average Bonchev–Trinajstić information content (AvgIpc) is 3.03. The first kappa shape index (κ1) is 12.4. The Kier molecular flexibility index (Phi) is 3.04. The average molecular weight is 288 g/mol. The SMILES string of the molecule is Nc1ccc2nc(NC3CCN4CCCC4C3)sc2c1. The van der Waals surface area contributed by atoms with Crippen molar-refractivity contribution >= 4 is 32.4 Å². The van der Waals surface area contributed by atoms with Gasteiger partial charge in [0.2, 0.25) is 0 Å². The van der Waals surface area contributed by atoms with Crippen molar-refractivity contribution in [2.45, 2.75) is 37.8 Å². The first-order valence-corrected chi connectivity index (χ1v) is 8.26. The summed E-state index contributed by atoms with van der Waals surface area (Å²) in [6, 6.07) is 7.31. The second-order valence-electron chi connectivity index (χ2n) is 5.94. The van der Waals surface area contributed by atoms with E-state index in [0.29, 0.717) is 6.04 Å². The van der Waals surface area contributed by atoms with Gasteiger partial charge in [-0.1, -0.05) is 11.3 Å². The van der Waals surface area contributed by atoms with Gasteiger partial charge in [-0.2, -0.15) is 0 Å². The van der Waals surface area contributed by atoms with Gasteiger partial charge in [-0.3, -0.25) is 0 Å². The largest absolute Gasteiger partial charge is 0.399 e. The maximum Gasteiger partial charge on any atom is 0.184 e. The number of nitrogen functional groups attached to an aromatic ring is 1. The zero-order chi connectivity index (χ0) is 13.5. The highest BCUT2D eigenvalue weighted by molar-refractivity contribution is 7.22. The fourth-order valence-electron chi connectivity index (χ4n) is 3.53. The van der Waals surface area contributed by atoms with E-state index >= 15 is 0 Å². The van der Waals surface area contributed by atoms with Gasteiger partial charge in [0.25, 0.3) is 0 Å². The minimum absolute atomic E-state index is 0.576. The number of nitrogens with two attached hydrogens (primary N) is 1. The number of nitrogens with zero attached hydrogens (tertiary/aromatic N) is 2. The maximum atomic E-state index is 5.83. The Hall–Kier alpha value is -1.33. The minimum atomic E-state index is 0.576. The van der Waals surface area contributed by atoms with E-state index in [4.69, 9.17) is 5.73 Å². The molecule has 2 aliphatic rings. The van der Waals surface area contributed by atoms with Crippen molar-refractivity contribution in [1.29, 1.82) is 0 Å². The van der Waals surface area contributed by atoms with Crippen LogP contribution < -0.4 is 11.1 Å². The predicted molar refractivity (Wildman–Crippen MR) is 85.3 cm³/mol. The molecule has 0 amide bonds. The predicted octanol–water partition coefficient (Wildman–Crippen LogP) is 2.92. The lowest BCUT2D eigenvalue weighted by molar-refractivity contribution is 0.188. The van der Waals surface area contributed by atoms with Gasteiger partial charge in [-0.15, -0.1) is 0 Å². The van der Waals surface area contributed by atoms with Crippen LogP contribution in [0.15, 0.2) is 18.2 Å². The summed E-state index contributed by atoms with van der Waals surface area (Å²) in [5.74, 6) is 0. The first-order chi connectivity index (χ1) is 9.78. The van der Waals surface area contributed by atoms with Crippen molar-refractivity contribution in [2.24, 2.45) is 0 Å². The summed E-state index contributed by atoms with van der Waals surface area (Å²) in [4.78, 5) is 7.32. The molecule has 1 aromatic heterocycles. The van der Waals surface area contributed by atoms with Crippen LogP contribution in [-0.4, -0.2) is 35.1 Å². The second kappa shape index (κ2) is 4.90.